The zero-order valence-electron chi connectivity index (χ0n) is 9.63. The molecule has 0 radical (unpaired) electrons. The van der Waals surface area contributed by atoms with E-state index in [1.807, 2.05) is 0 Å². The minimum absolute atomic E-state index is 0.0272. The second-order valence-corrected chi connectivity index (χ2v) is 5.45. The molecule has 0 fully saturated rings. The van der Waals surface area contributed by atoms with Gasteiger partial charge in [-0.1, -0.05) is 0 Å². The first-order valence-electron chi connectivity index (χ1n) is 4.65. The number of aryl methyl sites for hydroxylation is 1. The van der Waals surface area contributed by atoms with Gasteiger partial charge in [0.25, 0.3) is 0 Å². The summed E-state index contributed by atoms with van der Waals surface area (Å²) in [5.74, 6) is -1.64. The third-order valence-electron chi connectivity index (χ3n) is 1.98. The predicted molar refractivity (Wildman–Crippen MR) is 63.3 cm³/mol. The fraction of sp³-hybridized carbons (Fsp3) is 0.333. The summed E-state index contributed by atoms with van der Waals surface area (Å²) in [5, 5.41) is 6.22. The van der Waals surface area contributed by atoms with E-state index in [0.29, 0.717) is 10.4 Å². The standard InChI is InChI=1S/C9H11NO6S2/c1-5-4-17-6(3-7(11)15-2)8(5)9(12)16-18(10,13)14/h4H,3H2,1-2H3,(H2,10,13,14). The molecule has 0 bridgehead atoms. The van der Waals surface area contributed by atoms with Crippen LogP contribution in [0.2, 0.25) is 0 Å². The predicted octanol–water partition coefficient (Wildman–Crippen LogP) is 0.132. The Morgan fingerprint density at radius 3 is 2.56 bits per heavy atom. The van der Waals surface area contributed by atoms with E-state index in [4.69, 9.17) is 0 Å². The molecule has 0 unspecified atom stereocenters. The molecule has 0 aliphatic rings. The molecule has 1 heterocycles. The summed E-state index contributed by atoms with van der Waals surface area (Å²) in [4.78, 5) is 23.1. The first-order valence-corrected chi connectivity index (χ1v) is 7.00. The molecule has 2 N–H and O–H groups in total. The lowest BCUT2D eigenvalue weighted by molar-refractivity contribution is -0.139. The fourth-order valence-electron chi connectivity index (χ4n) is 1.25. The minimum atomic E-state index is -4.38. The fourth-order valence-corrected chi connectivity index (χ4v) is 2.55. The molecule has 0 spiro atoms. The van der Waals surface area contributed by atoms with Crippen molar-refractivity contribution in [3.63, 3.8) is 0 Å². The average molecular weight is 293 g/mol. The van der Waals surface area contributed by atoms with Crippen LogP contribution in [0.1, 0.15) is 20.8 Å². The monoisotopic (exact) mass is 293 g/mol. The van der Waals surface area contributed by atoms with E-state index in [-0.39, 0.29) is 12.0 Å². The molecule has 1 rings (SSSR count). The summed E-state index contributed by atoms with van der Waals surface area (Å²) in [6, 6.07) is 0. The van der Waals surface area contributed by atoms with Gasteiger partial charge in [0.05, 0.1) is 19.1 Å². The molecule has 18 heavy (non-hydrogen) atoms. The van der Waals surface area contributed by atoms with E-state index in [0.717, 1.165) is 11.3 Å². The molecule has 7 nitrogen and oxygen atoms in total. The van der Waals surface area contributed by atoms with Crippen LogP contribution in [0, 0.1) is 6.92 Å². The molecule has 0 aliphatic heterocycles. The van der Waals surface area contributed by atoms with Crippen LogP contribution in [-0.2, 0) is 30.4 Å². The Labute approximate surface area is 108 Å². The van der Waals surface area contributed by atoms with Crippen molar-refractivity contribution in [2.24, 2.45) is 5.14 Å². The van der Waals surface area contributed by atoms with Gasteiger partial charge in [-0.3, -0.25) is 4.79 Å². The molecule has 0 saturated heterocycles. The van der Waals surface area contributed by atoms with E-state index in [2.05, 4.69) is 14.1 Å². The molecule has 100 valence electrons. The van der Waals surface area contributed by atoms with Gasteiger partial charge in [0.15, 0.2) is 0 Å². The second-order valence-electron chi connectivity index (χ2n) is 3.33. The molecule has 1 aromatic rings. The van der Waals surface area contributed by atoms with Crippen LogP contribution in [0.5, 0.6) is 0 Å². The third kappa shape index (κ3) is 3.79. The maximum Gasteiger partial charge on any atom is 0.382 e. The zero-order valence-corrected chi connectivity index (χ0v) is 11.3. The van der Waals surface area contributed by atoms with E-state index in [1.54, 1.807) is 12.3 Å². The Morgan fingerprint density at radius 1 is 1.44 bits per heavy atom. The molecular weight excluding hydrogens is 282 g/mol. The Hall–Kier alpha value is -1.45. The summed E-state index contributed by atoms with van der Waals surface area (Å²) < 4.78 is 29.9. The highest BCUT2D eigenvalue weighted by Gasteiger charge is 2.23. The molecule has 9 heteroatoms. The minimum Gasteiger partial charge on any atom is -0.469 e. The number of ether oxygens (including phenoxy) is 1. The molecule has 0 saturated carbocycles. The summed E-state index contributed by atoms with van der Waals surface area (Å²) in [6.45, 7) is 1.59. The molecule has 0 aliphatic carbocycles. The number of rotatable bonds is 4. The van der Waals surface area contributed by atoms with Gasteiger partial charge in [-0.2, -0.15) is 13.6 Å². The van der Waals surface area contributed by atoms with Crippen molar-refractivity contribution < 1.29 is 26.9 Å². The molecule has 0 atom stereocenters. The Bertz CT molecular complexity index is 574. The van der Waals surface area contributed by atoms with Gasteiger partial charge in [0.2, 0.25) is 0 Å². The normalized spacial score (nSPS) is 11.1. The van der Waals surface area contributed by atoms with E-state index in [9.17, 15) is 18.0 Å². The van der Waals surface area contributed by atoms with Crippen LogP contribution in [0.25, 0.3) is 0 Å². The summed E-state index contributed by atoms with van der Waals surface area (Å²) in [7, 11) is -3.16. The maximum atomic E-state index is 11.6. The van der Waals surface area contributed by atoms with Gasteiger partial charge in [-0.15, -0.1) is 11.3 Å². The Kier molecular flexibility index (Phi) is 4.43. The number of esters is 1. The quantitative estimate of drug-likeness (QED) is 0.790. The van der Waals surface area contributed by atoms with Crippen molar-refractivity contribution >= 4 is 33.6 Å². The van der Waals surface area contributed by atoms with E-state index < -0.39 is 22.2 Å². The highest BCUT2D eigenvalue weighted by Crippen LogP contribution is 2.24. The number of thiophene rings is 1. The third-order valence-corrected chi connectivity index (χ3v) is 3.47. The average Bonchev–Trinajstić information content (AvgIpc) is 2.57. The summed E-state index contributed by atoms with van der Waals surface area (Å²) in [5.41, 5.74) is 0.534. The maximum absolute atomic E-state index is 11.6. The molecular formula is C9H11NO6S2. The lowest BCUT2D eigenvalue weighted by Crippen LogP contribution is -2.21. The Balaban J connectivity index is 3.04. The topological polar surface area (TPSA) is 113 Å². The van der Waals surface area contributed by atoms with Gasteiger partial charge >= 0.3 is 22.2 Å². The van der Waals surface area contributed by atoms with Crippen LogP contribution in [0.3, 0.4) is 0 Å². The molecule has 0 amide bonds. The first-order chi connectivity index (χ1) is 8.24. The van der Waals surface area contributed by atoms with Crippen molar-refractivity contribution in [1.29, 1.82) is 0 Å². The van der Waals surface area contributed by atoms with Crippen molar-refractivity contribution in [2.45, 2.75) is 13.3 Å². The van der Waals surface area contributed by atoms with Gasteiger partial charge < -0.3 is 8.92 Å². The largest absolute Gasteiger partial charge is 0.469 e. The van der Waals surface area contributed by atoms with Crippen molar-refractivity contribution in [3.05, 3.63) is 21.4 Å². The van der Waals surface area contributed by atoms with Crippen LogP contribution >= 0.6 is 11.3 Å². The van der Waals surface area contributed by atoms with Crippen LogP contribution < -0.4 is 5.14 Å². The van der Waals surface area contributed by atoms with Gasteiger partial charge in [0, 0.05) is 4.88 Å². The highest BCUT2D eigenvalue weighted by atomic mass is 32.2. The first kappa shape index (κ1) is 14.6. The SMILES string of the molecule is COC(=O)Cc1scc(C)c1C(=O)OS(N)(=O)=O. The lowest BCUT2D eigenvalue weighted by Gasteiger charge is -2.04. The highest BCUT2D eigenvalue weighted by molar-refractivity contribution is 7.84. The van der Waals surface area contributed by atoms with Gasteiger partial charge in [-0.25, -0.2) is 4.79 Å². The number of methoxy groups -OCH3 is 1. The van der Waals surface area contributed by atoms with E-state index >= 15 is 0 Å². The van der Waals surface area contributed by atoms with Crippen LogP contribution in [0.15, 0.2) is 5.38 Å². The van der Waals surface area contributed by atoms with Gasteiger partial charge in [-0.05, 0) is 17.9 Å². The smallest absolute Gasteiger partial charge is 0.382 e. The van der Waals surface area contributed by atoms with Crippen molar-refractivity contribution in [3.8, 4) is 0 Å². The number of carbonyl (C=O) groups is 2. The molecule has 0 aromatic carbocycles. The van der Waals surface area contributed by atoms with Gasteiger partial charge in [0.1, 0.15) is 0 Å². The number of carbonyl (C=O) groups excluding carboxylic acids is 2. The van der Waals surface area contributed by atoms with Crippen LogP contribution in [0.4, 0.5) is 0 Å². The van der Waals surface area contributed by atoms with E-state index in [1.165, 1.54) is 7.11 Å². The zero-order chi connectivity index (χ0) is 13.9. The summed E-state index contributed by atoms with van der Waals surface area (Å²) in [6.07, 6.45) is -0.135. The Morgan fingerprint density at radius 2 is 2.06 bits per heavy atom. The second kappa shape index (κ2) is 5.46. The van der Waals surface area contributed by atoms with Crippen molar-refractivity contribution in [1.82, 2.24) is 0 Å². The lowest BCUT2D eigenvalue weighted by atomic mass is 10.1. The number of nitrogens with two attached hydrogens (primary N) is 1. The summed E-state index contributed by atoms with van der Waals surface area (Å²) >= 11 is 1.14. The van der Waals surface area contributed by atoms with Crippen LogP contribution in [-0.4, -0.2) is 27.5 Å². The molecule has 1 aromatic heterocycles. The number of hydrogen-bond acceptors (Lipinski definition) is 7. The van der Waals surface area contributed by atoms with Crippen molar-refractivity contribution in [2.75, 3.05) is 7.11 Å². The number of hydrogen-bond donors (Lipinski definition) is 1.